The largest absolute Gasteiger partial charge is 0.497 e. The molecule has 2 aliphatic rings. The number of aromatic nitrogens is 1. The maximum absolute atomic E-state index is 14.0. The van der Waals surface area contributed by atoms with E-state index in [0.29, 0.717) is 23.7 Å². The highest BCUT2D eigenvalue weighted by Gasteiger charge is 2.71. The highest BCUT2D eigenvalue weighted by molar-refractivity contribution is 6.32. The van der Waals surface area contributed by atoms with Crippen LogP contribution >= 0.6 is 11.6 Å². The summed E-state index contributed by atoms with van der Waals surface area (Å²) in [5.74, 6) is -2.11. The Morgan fingerprint density at radius 1 is 1.30 bits per heavy atom. The Kier molecular flexibility index (Phi) is 8.32. The molecule has 1 N–H and O–H groups in total. The van der Waals surface area contributed by atoms with Gasteiger partial charge in [-0.3, -0.25) is 9.59 Å². The van der Waals surface area contributed by atoms with Gasteiger partial charge in [-0.2, -0.15) is 13.2 Å². The SMILES string of the molecule is CNC(=O)c1ccc(N2CCC3(CCCN(C)C(=O)[C@H](c4cccc(OC)c4)C(F)(F)F)C(C)C3(C)C2)nc1Cl. The fourth-order valence-electron chi connectivity index (χ4n) is 6.70. The lowest BCUT2D eigenvalue weighted by molar-refractivity contribution is -0.171. The summed E-state index contributed by atoms with van der Waals surface area (Å²) in [5, 5.41) is 2.70. The van der Waals surface area contributed by atoms with Crippen molar-refractivity contribution in [3.05, 3.63) is 52.7 Å². The Bertz CT molecular complexity index is 1280. The van der Waals surface area contributed by atoms with Gasteiger partial charge >= 0.3 is 6.18 Å². The van der Waals surface area contributed by atoms with Gasteiger partial charge in [-0.05, 0) is 65.8 Å². The number of likely N-dealkylation sites (N-methyl/N-ethyl adjacent to an activating group) is 1. The lowest BCUT2D eigenvalue weighted by Crippen LogP contribution is -2.41. The van der Waals surface area contributed by atoms with Crippen molar-refractivity contribution in [2.75, 3.05) is 45.7 Å². The zero-order valence-electron chi connectivity index (χ0n) is 23.4. The minimum atomic E-state index is -4.72. The topological polar surface area (TPSA) is 74.8 Å². The fraction of sp³-hybridized carbons (Fsp3) is 0.552. The van der Waals surface area contributed by atoms with E-state index in [1.165, 1.54) is 44.3 Å². The molecule has 0 bridgehead atoms. The average Bonchev–Trinajstić information content (AvgIpc) is 3.40. The predicted octanol–water partition coefficient (Wildman–Crippen LogP) is 5.54. The summed E-state index contributed by atoms with van der Waals surface area (Å²) in [4.78, 5) is 32.8. The van der Waals surface area contributed by atoms with E-state index < -0.39 is 18.0 Å². The molecule has 4 atom stereocenters. The van der Waals surface area contributed by atoms with Gasteiger partial charge in [0.05, 0.1) is 12.7 Å². The number of rotatable bonds is 9. The van der Waals surface area contributed by atoms with E-state index in [1.54, 1.807) is 18.2 Å². The molecule has 1 aromatic carbocycles. The Hall–Kier alpha value is -3.01. The number of amides is 2. The van der Waals surface area contributed by atoms with Crippen LogP contribution in [0.1, 0.15) is 54.9 Å². The molecule has 2 fully saturated rings. The second-order valence-electron chi connectivity index (χ2n) is 11.2. The second kappa shape index (κ2) is 11.1. The van der Waals surface area contributed by atoms with Gasteiger partial charge in [0.25, 0.3) is 5.91 Å². The van der Waals surface area contributed by atoms with Gasteiger partial charge in [-0.15, -0.1) is 0 Å². The van der Waals surface area contributed by atoms with Crippen molar-refractivity contribution < 1.29 is 27.5 Å². The number of benzene rings is 1. The molecule has 3 unspecified atom stereocenters. The molecular weight excluding hydrogens is 545 g/mol. The van der Waals surface area contributed by atoms with E-state index in [1.807, 2.05) is 0 Å². The van der Waals surface area contributed by atoms with Crippen LogP contribution < -0.4 is 15.0 Å². The van der Waals surface area contributed by atoms with E-state index in [2.05, 4.69) is 29.0 Å². The molecule has 0 spiro atoms. The van der Waals surface area contributed by atoms with Crippen molar-refractivity contribution in [3.63, 3.8) is 0 Å². The second-order valence-corrected chi connectivity index (χ2v) is 11.5. The van der Waals surface area contributed by atoms with E-state index in [-0.39, 0.29) is 39.7 Å². The number of alkyl halides is 3. The highest BCUT2D eigenvalue weighted by Crippen LogP contribution is 2.74. The van der Waals surface area contributed by atoms with Crippen LogP contribution in [0.3, 0.4) is 0 Å². The number of halogens is 4. The summed E-state index contributed by atoms with van der Waals surface area (Å²) < 4.78 is 47.0. The predicted molar refractivity (Wildman–Crippen MR) is 148 cm³/mol. The molecule has 7 nitrogen and oxygen atoms in total. The smallest absolute Gasteiger partial charge is 0.404 e. The standard InChI is InChI=1S/C29H36ClF3N4O3/c1-18-27(2)17-37(22-11-10-21(24(30)35-22)25(38)34-3)15-13-28(18,27)12-7-14-36(4)26(39)23(29(31,32)33)19-8-6-9-20(16-19)40-5/h6,8-11,16,18,23H,7,12-15,17H2,1-5H3,(H,34,38)/t18?,23-,27?,28?/m0/s1. The first-order valence-corrected chi connectivity index (χ1v) is 13.8. The third-order valence-corrected chi connectivity index (χ3v) is 9.60. The van der Waals surface area contributed by atoms with Gasteiger partial charge in [0.1, 0.15) is 16.7 Å². The molecule has 218 valence electrons. The minimum Gasteiger partial charge on any atom is -0.497 e. The van der Waals surface area contributed by atoms with Gasteiger partial charge in [-0.25, -0.2) is 4.98 Å². The quantitative estimate of drug-likeness (QED) is 0.394. The molecule has 2 amide bonds. The number of nitrogens with zero attached hydrogens (tertiary/aromatic N) is 3. The molecular formula is C29H36ClF3N4O3. The van der Waals surface area contributed by atoms with Gasteiger partial charge < -0.3 is 19.9 Å². The average molecular weight is 581 g/mol. The number of hydrogen-bond donors (Lipinski definition) is 1. The van der Waals surface area contributed by atoms with E-state index in [4.69, 9.17) is 16.3 Å². The Balaban J connectivity index is 1.39. The molecule has 1 aliphatic carbocycles. The maximum atomic E-state index is 14.0. The van der Waals surface area contributed by atoms with Gasteiger partial charge in [0.2, 0.25) is 5.91 Å². The summed E-state index contributed by atoms with van der Waals surface area (Å²) in [6.45, 7) is 6.21. The first kappa shape index (κ1) is 30.0. The van der Waals surface area contributed by atoms with Crippen LogP contribution in [0.4, 0.5) is 19.0 Å². The van der Waals surface area contributed by atoms with Crippen LogP contribution in [-0.4, -0.2) is 68.7 Å². The summed E-state index contributed by atoms with van der Waals surface area (Å²) in [7, 11) is 4.35. The normalized spacial score (nSPS) is 24.6. The van der Waals surface area contributed by atoms with Crippen LogP contribution in [0.5, 0.6) is 5.75 Å². The summed E-state index contributed by atoms with van der Waals surface area (Å²) in [6, 6.07) is 9.07. The third-order valence-electron chi connectivity index (χ3n) is 9.31. The van der Waals surface area contributed by atoms with Crippen LogP contribution in [0.15, 0.2) is 36.4 Å². The summed E-state index contributed by atoms with van der Waals surface area (Å²) >= 11 is 6.28. The number of ether oxygens (including phenoxy) is 1. The zero-order valence-corrected chi connectivity index (χ0v) is 24.2. The Morgan fingerprint density at radius 2 is 2.02 bits per heavy atom. The maximum Gasteiger partial charge on any atom is 0.404 e. The highest BCUT2D eigenvalue weighted by atomic mass is 35.5. The summed E-state index contributed by atoms with van der Waals surface area (Å²) in [6.07, 6.45) is -2.40. The number of pyridine rings is 1. The van der Waals surface area contributed by atoms with Crippen molar-refractivity contribution in [2.24, 2.45) is 16.7 Å². The van der Waals surface area contributed by atoms with Crippen molar-refractivity contribution in [1.82, 2.24) is 15.2 Å². The van der Waals surface area contributed by atoms with Crippen molar-refractivity contribution in [1.29, 1.82) is 0 Å². The third kappa shape index (κ3) is 5.34. The number of hydrogen-bond acceptors (Lipinski definition) is 5. The van der Waals surface area contributed by atoms with E-state index >= 15 is 0 Å². The number of fused-ring (bicyclic) bond motifs is 1. The van der Waals surface area contributed by atoms with Gasteiger partial charge in [0.15, 0.2) is 5.92 Å². The molecule has 2 heterocycles. The van der Waals surface area contributed by atoms with Crippen LogP contribution in [0.2, 0.25) is 5.15 Å². The van der Waals surface area contributed by atoms with Crippen LogP contribution in [0, 0.1) is 16.7 Å². The number of piperidine rings is 1. The van der Waals surface area contributed by atoms with E-state index in [0.717, 1.165) is 25.9 Å². The Morgan fingerprint density at radius 3 is 2.62 bits per heavy atom. The van der Waals surface area contributed by atoms with E-state index in [9.17, 15) is 22.8 Å². The fourth-order valence-corrected chi connectivity index (χ4v) is 6.93. The first-order valence-electron chi connectivity index (χ1n) is 13.4. The van der Waals surface area contributed by atoms with Crippen molar-refractivity contribution in [3.8, 4) is 5.75 Å². The molecule has 1 aromatic heterocycles. The minimum absolute atomic E-state index is 0.00342. The first-order chi connectivity index (χ1) is 18.8. The lowest BCUT2D eigenvalue weighted by atomic mass is 9.83. The number of carbonyl (C=O) groups is 2. The number of carbonyl (C=O) groups excluding carboxylic acids is 2. The molecule has 4 rings (SSSR count). The molecule has 2 aromatic rings. The summed E-state index contributed by atoms with van der Waals surface area (Å²) in [5.41, 5.74) is 0.240. The molecule has 1 aliphatic heterocycles. The molecule has 11 heteroatoms. The molecule has 1 saturated heterocycles. The van der Waals surface area contributed by atoms with Crippen molar-refractivity contribution in [2.45, 2.75) is 45.2 Å². The monoisotopic (exact) mass is 580 g/mol. The molecule has 0 radical (unpaired) electrons. The number of methoxy groups -OCH3 is 1. The van der Waals surface area contributed by atoms with Crippen LogP contribution in [-0.2, 0) is 4.79 Å². The van der Waals surface area contributed by atoms with Gasteiger partial charge in [0, 0.05) is 33.7 Å². The zero-order chi connectivity index (χ0) is 29.5. The lowest BCUT2D eigenvalue weighted by Gasteiger charge is -2.37. The number of nitrogens with one attached hydrogen (secondary N) is 1. The molecule has 1 saturated carbocycles. The van der Waals surface area contributed by atoms with Crippen LogP contribution in [0.25, 0.3) is 0 Å². The van der Waals surface area contributed by atoms with Gasteiger partial charge in [-0.1, -0.05) is 37.6 Å². The van der Waals surface area contributed by atoms with Crippen molar-refractivity contribution >= 4 is 29.2 Å². The Labute approximate surface area is 238 Å². The number of anilines is 1. The molecule has 40 heavy (non-hydrogen) atoms.